The number of hydrogen-bond acceptors (Lipinski definition) is 3. The average molecular weight is 335 g/mol. The van der Waals surface area contributed by atoms with Gasteiger partial charge in [-0.3, -0.25) is 0 Å². The Morgan fingerprint density at radius 3 is 2.35 bits per heavy atom. The van der Waals surface area contributed by atoms with Crippen LogP contribution in [0.5, 0.6) is 0 Å². The van der Waals surface area contributed by atoms with Crippen molar-refractivity contribution in [3.63, 3.8) is 0 Å². The first-order valence-corrected chi connectivity index (χ1v) is 8.06. The molecule has 2 aromatic rings. The van der Waals surface area contributed by atoms with Gasteiger partial charge in [0.15, 0.2) is 5.82 Å². The van der Waals surface area contributed by atoms with Crippen LogP contribution in [0.4, 0.5) is 5.82 Å². The number of benzene rings is 1. The fourth-order valence-corrected chi connectivity index (χ4v) is 3.31. The maximum Gasteiger partial charge on any atom is 0.175 e. The standard InChI is InChI=1S/C16H19BrN2O/c17-13-9-7-11(8-10-13)14-15(20-19-16(14)18)12-5-3-1-2-4-6-12/h7-10,12H,1-6H2,(H2,18,19). The van der Waals surface area contributed by atoms with Crippen molar-refractivity contribution in [2.75, 3.05) is 5.73 Å². The summed E-state index contributed by atoms with van der Waals surface area (Å²) in [4.78, 5) is 0. The van der Waals surface area contributed by atoms with E-state index in [1.807, 2.05) is 12.1 Å². The number of nitrogens with zero attached hydrogens (tertiary/aromatic N) is 1. The second kappa shape index (κ2) is 6.00. The van der Waals surface area contributed by atoms with Gasteiger partial charge in [0.25, 0.3) is 0 Å². The number of hydrogen-bond donors (Lipinski definition) is 1. The minimum absolute atomic E-state index is 0.459. The minimum atomic E-state index is 0.459. The molecule has 0 unspecified atom stereocenters. The van der Waals surface area contributed by atoms with Gasteiger partial charge < -0.3 is 10.3 Å². The molecule has 0 atom stereocenters. The number of anilines is 1. The van der Waals surface area contributed by atoms with E-state index < -0.39 is 0 Å². The van der Waals surface area contributed by atoms with Gasteiger partial charge in [0.2, 0.25) is 0 Å². The van der Waals surface area contributed by atoms with E-state index in [2.05, 4.69) is 33.2 Å². The average Bonchev–Trinajstić information content (AvgIpc) is 2.67. The van der Waals surface area contributed by atoms with Gasteiger partial charge in [-0.1, -0.05) is 58.9 Å². The summed E-state index contributed by atoms with van der Waals surface area (Å²) >= 11 is 3.46. The van der Waals surface area contributed by atoms with Gasteiger partial charge in [-0.15, -0.1) is 0 Å². The highest BCUT2D eigenvalue weighted by Gasteiger charge is 2.24. The van der Waals surface area contributed by atoms with Gasteiger partial charge in [0, 0.05) is 10.4 Å². The predicted octanol–water partition coefficient (Wildman–Crippen LogP) is 5.12. The third-order valence-electron chi connectivity index (χ3n) is 4.10. The van der Waals surface area contributed by atoms with Gasteiger partial charge in [-0.25, -0.2) is 0 Å². The summed E-state index contributed by atoms with van der Waals surface area (Å²) in [6.45, 7) is 0. The monoisotopic (exact) mass is 334 g/mol. The summed E-state index contributed by atoms with van der Waals surface area (Å²) in [5.74, 6) is 1.94. The lowest BCUT2D eigenvalue weighted by atomic mass is 9.92. The molecule has 1 heterocycles. The van der Waals surface area contributed by atoms with E-state index in [0.717, 1.165) is 21.4 Å². The summed E-state index contributed by atoms with van der Waals surface area (Å²) in [6, 6.07) is 8.18. The lowest BCUT2D eigenvalue weighted by Gasteiger charge is -2.12. The van der Waals surface area contributed by atoms with Crippen molar-refractivity contribution in [3.05, 3.63) is 34.5 Å². The van der Waals surface area contributed by atoms with E-state index in [9.17, 15) is 0 Å². The zero-order chi connectivity index (χ0) is 13.9. The van der Waals surface area contributed by atoms with Gasteiger partial charge in [-0.2, -0.15) is 0 Å². The second-order valence-electron chi connectivity index (χ2n) is 5.50. The number of nitrogen functional groups attached to an aromatic ring is 1. The molecule has 0 bridgehead atoms. The number of nitrogens with two attached hydrogens (primary N) is 1. The summed E-state index contributed by atoms with van der Waals surface area (Å²) in [5.41, 5.74) is 8.12. The number of halogens is 1. The maximum absolute atomic E-state index is 6.04. The summed E-state index contributed by atoms with van der Waals surface area (Å²) < 4.78 is 6.65. The number of rotatable bonds is 2. The molecule has 1 aromatic heterocycles. The van der Waals surface area contributed by atoms with Crippen LogP contribution in [-0.4, -0.2) is 5.16 Å². The van der Waals surface area contributed by atoms with E-state index in [4.69, 9.17) is 10.3 Å². The molecule has 1 aliphatic rings. The van der Waals surface area contributed by atoms with Crippen LogP contribution in [0.3, 0.4) is 0 Å². The predicted molar refractivity (Wildman–Crippen MR) is 84.5 cm³/mol. The van der Waals surface area contributed by atoms with E-state index in [1.54, 1.807) is 0 Å². The van der Waals surface area contributed by atoms with Crippen LogP contribution in [0.1, 0.15) is 50.2 Å². The van der Waals surface area contributed by atoms with Crippen molar-refractivity contribution in [1.29, 1.82) is 0 Å². The highest BCUT2D eigenvalue weighted by molar-refractivity contribution is 9.10. The van der Waals surface area contributed by atoms with Gasteiger partial charge in [0.1, 0.15) is 5.76 Å². The first-order valence-electron chi connectivity index (χ1n) is 7.26. The molecule has 0 radical (unpaired) electrons. The molecule has 3 rings (SSSR count). The molecule has 0 saturated heterocycles. The Balaban J connectivity index is 1.98. The highest BCUT2D eigenvalue weighted by Crippen LogP contribution is 2.40. The Labute approximate surface area is 127 Å². The normalized spacial score (nSPS) is 17.1. The van der Waals surface area contributed by atoms with Crippen molar-refractivity contribution in [3.8, 4) is 11.1 Å². The van der Waals surface area contributed by atoms with Crippen LogP contribution in [0, 0.1) is 0 Å². The Morgan fingerprint density at radius 2 is 1.70 bits per heavy atom. The van der Waals surface area contributed by atoms with E-state index in [1.165, 1.54) is 38.5 Å². The SMILES string of the molecule is Nc1noc(C2CCCCCC2)c1-c1ccc(Br)cc1. The molecule has 1 aliphatic carbocycles. The minimum Gasteiger partial charge on any atom is -0.380 e. The van der Waals surface area contributed by atoms with Crippen LogP contribution in [0.2, 0.25) is 0 Å². The van der Waals surface area contributed by atoms with Crippen LogP contribution in [-0.2, 0) is 0 Å². The topological polar surface area (TPSA) is 52.0 Å². The van der Waals surface area contributed by atoms with Crippen molar-refractivity contribution < 1.29 is 4.52 Å². The molecule has 20 heavy (non-hydrogen) atoms. The van der Waals surface area contributed by atoms with Gasteiger partial charge >= 0.3 is 0 Å². The quantitative estimate of drug-likeness (QED) is 0.775. The van der Waals surface area contributed by atoms with Crippen molar-refractivity contribution >= 4 is 21.7 Å². The maximum atomic E-state index is 6.04. The Bertz CT molecular complexity index is 569. The second-order valence-corrected chi connectivity index (χ2v) is 6.42. The molecule has 106 valence electrons. The molecule has 4 heteroatoms. The van der Waals surface area contributed by atoms with Crippen LogP contribution >= 0.6 is 15.9 Å². The number of aromatic nitrogens is 1. The van der Waals surface area contributed by atoms with E-state index in [0.29, 0.717) is 11.7 Å². The van der Waals surface area contributed by atoms with Crippen LogP contribution in [0.25, 0.3) is 11.1 Å². The fourth-order valence-electron chi connectivity index (χ4n) is 3.04. The third-order valence-corrected chi connectivity index (χ3v) is 4.63. The van der Waals surface area contributed by atoms with E-state index >= 15 is 0 Å². The molecule has 1 aromatic carbocycles. The molecule has 0 aliphatic heterocycles. The molecule has 0 spiro atoms. The zero-order valence-electron chi connectivity index (χ0n) is 11.4. The van der Waals surface area contributed by atoms with E-state index in [-0.39, 0.29) is 0 Å². The third kappa shape index (κ3) is 2.75. The molecular formula is C16H19BrN2O. The molecule has 1 fully saturated rings. The van der Waals surface area contributed by atoms with Crippen LogP contribution < -0.4 is 5.73 Å². The Morgan fingerprint density at radius 1 is 1.05 bits per heavy atom. The van der Waals surface area contributed by atoms with Gasteiger partial charge in [0.05, 0.1) is 5.56 Å². The lowest BCUT2D eigenvalue weighted by molar-refractivity contribution is 0.350. The van der Waals surface area contributed by atoms with Gasteiger partial charge in [-0.05, 0) is 30.5 Å². The smallest absolute Gasteiger partial charge is 0.175 e. The van der Waals surface area contributed by atoms with Crippen molar-refractivity contribution in [2.24, 2.45) is 0 Å². The lowest BCUT2D eigenvalue weighted by Crippen LogP contribution is -1.98. The van der Waals surface area contributed by atoms with Crippen LogP contribution in [0.15, 0.2) is 33.3 Å². The Hall–Kier alpha value is -1.29. The Kier molecular flexibility index (Phi) is 4.10. The first kappa shape index (κ1) is 13.7. The largest absolute Gasteiger partial charge is 0.380 e. The zero-order valence-corrected chi connectivity index (χ0v) is 13.0. The molecule has 0 amide bonds. The fraction of sp³-hybridized carbons (Fsp3) is 0.438. The summed E-state index contributed by atoms with van der Waals surface area (Å²) in [5, 5.41) is 4.01. The molecular weight excluding hydrogens is 316 g/mol. The molecule has 3 nitrogen and oxygen atoms in total. The first-order chi connectivity index (χ1) is 9.75. The highest BCUT2D eigenvalue weighted by atomic mass is 79.9. The summed E-state index contributed by atoms with van der Waals surface area (Å²) in [6.07, 6.45) is 7.55. The van der Waals surface area contributed by atoms with Crippen molar-refractivity contribution in [2.45, 2.75) is 44.4 Å². The summed E-state index contributed by atoms with van der Waals surface area (Å²) in [7, 11) is 0. The molecule has 1 saturated carbocycles. The van der Waals surface area contributed by atoms with Crippen molar-refractivity contribution in [1.82, 2.24) is 5.16 Å². The molecule has 2 N–H and O–H groups in total.